The minimum absolute atomic E-state index is 0.843. The molecule has 0 amide bonds. The van der Waals surface area contributed by atoms with Crippen molar-refractivity contribution in [1.82, 2.24) is 4.40 Å². The minimum Gasteiger partial charge on any atom is -0.455 e. The molecule has 240 valence electrons. The van der Waals surface area contributed by atoms with Gasteiger partial charge in [-0.25, -0.2) is 0 Å². The summed E-state index contributed by atoms with van der Waals surface area (Å²) in [7, 11) is 0. The maximum absolute atomic E-state index is 6.67. The molecule has 0 aliphatic rings. The summed E-state index contributed by atoms with van der Waals surface area (Å²) >= 11 is 0. The van der Waals surface area contributed by atoms with Crippen LogP contribution in [0, 0.1) is 0 Å². The molecule has 2 heterocycles. The molecule has 0 fully saturated rings. The highest BCUT2D eigenvalue weighted by Crippen LogP contribution is 2.41. The lowest BCUT2D eigenvalue weighted by atomic mass is 9.98. The third kappa shape index (κ3) is 4.90. The average molecular weight is 653 g/mol. The molecular formula is C48H32N2O. The molecule has 0 unspecified atom stereocenters. The van der Waals surface area contributed by atoms with Crippen molar-refractivity contribution in [2.45, 2.75) is 0 Å². The molecule has 51 heavy (non-hydrogen) atoms. The maximum Gasteiger partial charge on any atom is 0.151 e. The standard InChI is InChI=1S/C48H32N2O/c1-3-13-33(14-4-1)34-23-27-38(28-24-34)49(37-15-5-2-6-16-37)39-29-25-35(26-30-39)36-31-42-40-17-7-9-19-44(40)50-45-20-10-12-22-47(45)51-46-21-11-8-18-41(46)43(32-36)48(42)50/h1-32H. The number of hydrogen-bond acceptors (Lipinski definition) is 2. The zero-order valence-corrected chi connectivity index (χ0v) is 27.8. The van der Waals surface area contributed by atoms with Gasteiger partial charge in [0.2, 0.25) is 0 Å². The number of anilines is 3. The number of benzene rings is 8. The number of rotatable bonds is 5. The monoisotopic (exact) mass is 652 g/mol. The lowest BCUT2D eigenvalue weighted by molar-refractivity contribution is 0.661. The fraction of sp³-hybridized carbons (Fsp3) is 0. The van der Waals surface area contributed by atoms with Crippen molar-refractivity contribution in [3.05, 3.63) is 194 Å². The highest BCUT2D eigenvalue weighted by molar-refractivity contribution is 6.21. The molecule has 0 saturated heterocycles. The van der Waals surface area contributed by atoms with Crippen molar-refractivity contribution in [1.29, 1.82) is 0 Å². The van der Waals surface area contributed by atoms with Gasteiger partial charge >= 0.3 is 0 Å². The van der Waals surface area contributed by atoms with Gasteiger partial charge in [-0.2, -0.15) is 0 Å². The van der Waals surface area contributed by atoms with Gasteiger partial charge in [-0.15, -0.1) is 0 Å². The first-order valence-electron chi connectivity index (χ1n) is 17.4. The van der Waals surface area contributed by atoms with Gasteiger partial charge < -0.3 is 13.7 Å². The third-order valence-electron chi connectivity index (χ3n) is 9.98. The minimum atomic E-state index is 0.843. The lowest BCUT2D eigenvalue weighted by Gasteiger charge is -2.26. The number of para-hydroxylation sites is 5. The molecule has 0 aliphatic heterocycles. The van der Waals surface area contributed by atoms with Gasteiger partial charge in [0, 0.05) is 38.6 Å². The highest BCUT2D eigenvalue weighted by atomic mass is 16.3. The fourth-order valence-corrected chi connectivity index (χ4v) is 7.61. The molecule has 0 radical (unpaired) electrons. The summed E-state index contributed by atoms with van der Waals surface area (Å²) in [6, 6.07) is 69.0. The Bertz CT molecular complexity index is 2890. The molecule has 0 spiro atoms. The molecule has 0 aliphatic carbocycles. The quantitative estimate of drug-likeness (QED) is 0.184. The van der Waals surface area contributed by atoms with Crippen LogP contribution in [0.3, 0.4) is 0 Å². The van der Waals surface area contributed by atoms with Crippen LogP contribution in [-0.4, -0.2) is 4.40 Å². The first-order chi connectivity index (χ1) is 25.3. The van der Waals surface area contributed by atoms with E-state index in [0.717, 1.165) is 61.2 Å². The normalized spacial score (nSPS) is 11.5. The van der Waals surface area contributed by atoms with E-state index in [0.29, 0.717) is 0 Å². The van der Waals surface area contributed by atoms with E-state index >= 15 is 0 Å². The highest BCUT2D eigenvalue weighted by Gasteiger charge is 2.17. The van der Waals surface area contributed by atoms with E-state index in [9.17, 15) is 0 Å². The van der Waals surface area contributed by atoms with E-state index in [4.69, 9.17) is 4.42 Å². The van der Waals surface area contributed by atoms with Gasteiger partial charge in [-0.3, -0.25) is 0 Å². The first-order valence-corrected chi connectivity index (χ1v) is 17.4. The van der Waals surface area contributed by atoms with Crippen molar-refractivity contribution < 1.29 is 4.42 Å². The molecule has 10 rings (SSSR count). The van der Waals surface area contributed by atoms with Crippen molar-refractivity contribution in [2.24, 2.45) is 0 Å². The Morgan fingerprint density at radius 3 is 1.49 bits per heavy atom. The maximum atomic E-state index is 6.67. The Balaban J connectivity index is 1.16. The zero-order valence-electron chi connectivity index (χ0n) is 27.8. The van der Waals surface area contributed by atoms with Crippen LogP contribution < -0.4 is 4.90 Å². The molecule has 10 aromatic rings. The van der Waals surface area contributed by atoms with E-state index in [1.54, 1.807) is 0 Å². The van der Waals surface area contributed by atoms with Crippen LogP contribution in [0.4, 0.5) is 17.1 Å². The number of aromatic nitrogens is 1. The number of fused-ring (bicyclic) bond motifs is 7. The van der Waals surface area contributed by atoms with Crippen molar-refractivity contribution in [3.8, 4) is 22.3 Å². The second-order valence-corrected chi connectivity index (χ2v) is 13.0. The van der Waals surface area contributed by atoms with Gasteiger partial charge in [0.05, 0.1) is 16.6 Å². The SMILES string of the molecule is c1ccc(-c2ccc(N(c3ccccc3)c3ccc(-c4cc5c6ccccc6oc6ccccc6n6c7ccccc7c(c4)c56)cc3)cc2)cc1. The van der Waals surface area contributed by atoms with Crippen molar-refractivity contribution in [2.75, 3.05) is 4.90 Å². The average Bonchev–Trinajstić information content (AvgIpc) is 3.53. The topological polar surface area (TPSA) is 20.8 Å². The Kier molecular flexibility index (Phi) is 6.81. The summed E-state index contributed by atoms with van der Waals surface area (Å²) in [4.78, 5) is 2.32. The van der Waals surface area contributed by atoms with Gasteiger partial charge in [0.1, 0.15) is 5.58 Å². The summed E-state index contributed by atoms with van der Waals surface area (Å²) in [5.41, 5.74) is 13.1. The third-order valence-corrected chi connectivity index (χ3v) is 9.98. The van der Waals surface area contributed by atoms with Gasteiger partial charge in [-0.05, 0) is 95.1 Å². The van der Waals surface area contributed by atoms with Gasteiger partial charge in [0.15, 0.2) is 5.58 Å². The van der Waals surface area contributed by atoms with E-state index in [1.165, 1.54) is 27.4 Å². The summed E-state index contributed by atoms with van der Waals surface area (Å²) in [6.45, 7) is 0. The van der Waals surface area contributed by atoms with E-state index in [1.807, 2.05) is 12.1 Å². The van der Waals surface area contributed by atoms with Crippen LogP contribution in [0.2, 0.25) is 0 Å². The van der Waals surface area contributed by atoms with Crippen LogP contribution in [0.15, 0.2) is 199 Å². The Hall–Kier alpha value is -6.84. The van der Waals surface area contributed by atoms with Crippen molar-refractivity contribution in [3.63, 3.8) is 0 Å². The van der Waals surface area contributed by atoms with Gasteiger partial charge in [0.25, 0.3) is 0 Å². The fourth-order valence-electron chi connectivity index (χ4n) is 7.61. The van der Waals surface area contributed by atoms with Crippen LogP contribution >= 0.6 is 0 Å². The molecule has 0 saturated carbocycles. The predicted octanol–water partition coefficient (Wildman–Crippen LogP) is 13.5. The Morgan fingerprint density at radius 1 is 0.333 bits per heavy atom. The second kappa shape index (κ2) is 11.9. The summed E-state index contributed by atoms with van der Waals surface area (Å²) in [5, 5.41) is 4.67. The Morgan fingerprint density at radius 2 is 0.804 bits per heavy atom. The summed E-state index contributed by atoms with van der Waals surface area (Å²) in [5.74, 6) is 0. The molecule has 0 bridgehead atoms. The number of nitrogens with zero attached hydrogens (tertiary/aromatic N) is 2. The molecule has 0 N–H and O–H groups in total. The van der Waals surface area contributed by atoms with Crippen LogP contribution in [0.1, 0.15) is 0 Å². The molecule has 3 nitrogen and oxygen atoms in total. The summed E-state index contributed by atoms with van der Waals surface area (Å²) in [6.07, 6.45) is 0. The summed E-state index contributed by atoms with van der Waals surface area (Å²) < 4.78 is 9.04. The molecule has 0 atom stereocenters. The molecule has 3 heteroatoms. The van der Waals surface area contributed by atoms with E-state index in [-0.39, 0.29) is 0 Å². The van der Waals surface area contributed by atoms with Gasteiger partial charge in [-0.1, -0.05) is 121 Å². The lowest BCUT2D eigenvalue weighted by Crippen LogP contribution is -2.09. The van der Waals surface area contributed by atoms with Crippen LogP contribution in [-0.2, 0) is 0 Å². The largest absolute Gasteiger partial charge is 0.455 e. The molecular weight excluding hydrogens is 621 g/mol. The smallest absolute Gasteiger partial charge is 0.151 e. The second-order valence-electron chi connectivity index (χ2n) is 13.0. The van der Waals surface area contributed by atoms with Crippen molar-refractivity contribution >= 4 is 66.3 Å². The van der Waals surface area contributed by atoms with E-state index in [2.05, 4.69) is 191 Å². The number of hydrogen-bond donors (Lipinski definition) is 0. The zero-order chi connectivity index (χ0) is 33.7. The molecule has 2 aromatic heterocycles. The predicted molar refractivity (Wildman–Crippen MR) is 214 cm³/mol. The van der Waals surface area contributed by atoms with E-state index < -0.39 is 0 Å². The van der Waals surface area contributed by atoms with Crippen LogP contribution in [0.5, 0.6) is 0 Å². The Labute approximate surface area is 295 Å². The van der Waals surface area contributed by atoms with Crippen LogP contribution in [0.25, 0.3) is 71.5 Å². The molecule has 8 aromatic carbocycles. The first kappa shape index (κ1) is 29.1.